The number of aryl methyl sites for hydroxylation is 2. The highest BCUT2D eigenvalue weighted by atomic mass is 35.5. The van der Waals surface area contributed by atoms with Crippen LogP contribution in [-0.2, 0) is 22.6 Å². The molecule has 0 spiro atoms. The van der Waals surface area contributed by atoms with E-state index in [0.29, 0.717) is 17.2 Å². The van der Waals surface area contributed by atoms with Crippen LogP contribution in [0.25, 0.3) is 16.6 Å². The Bertz CT molecular complexity index is 790. The lowest BCUT2D eigenvalue weighted by Crippen LogP contribution is -2.39. The van der Waals surface area contributed by atoms with Crippen LogP contribution < -0.4 is 4.57 Å². The molecule has 3 rings (SSSR count). The van der Waals surface area contributed by atoms with Gasteiger partial charge in [0, 0.05) is 17.5 Å². The van der Waals surface area contributed by atoms with Gasteiger partial charge in [0.25, 0.3) is 5.82 Å². The summed E-state index contributed by atoms with van der Waals surface area (Å²) in [5.74, 6) is 0.694. The van der Waals surface area contributed by atoms with Gasteiger partial charge in [-0.15, -0.1) is 0 Å². The van der Waals surface area contributed by atoms with Crippen molar-refractivity contribution in [1.82, 2.24) is 4.57 Å². The Labute approximate surface area is 134 Å². The van der Waals surface area contributed by atoms with Gasteiger partial charge < -0.3 is 4.74 Å². The predicted molar refractivity (Wildman–Crippen MR) is 86.7 cm³/mol. The number of hydrogen-bond donors (Lipinski definition) is 0. The van der Waals surface area contributed by atoms with Crippen molar-refractivity contribution in [1.29, 1.82) is 0 Å². The van der Waals surface area contributed by atoms with Crippen LogP contribution in [0.4, 0.5) is 0 Å². The van der Waals surface area contributed by atoms with Crippen LogP contribution in [0.2, 0.25) is 5.02 Å². The summed E-state index contributed by atoms with van der Waals surface area (Å²) in [7, 11) is 0. The van der Waals surface area contributed by atoms with Crippen molar-refractivity contribution in [2.24, 2.45) is 0 Å². The summed E-state index contributed by atoms with van der Waals surface area (Å²) < 4.78 is 9.63. The van der Waals surface area contributed by atoms with Gasteiger partial charge in [-0.05, 0) is 38.5 Å². The van der Waals surface area contributed by atoms with E-state index in [4.69, 9.17) is 16.3 Å². The Hall–Kier alpha value is -1.81. The van der Waals surface area contributed by atoms with Crippen molar-refractivity contribution >= 4 is 34.2 Å². The smallest absolute Gasteiger partial charge is 0.346 e. The topological polar surface area (TPSA) is 35.1 Å². The van der Waals surface area contributed by atoms with E-state index < -0.39 is 0 Å². The molecule has 2 heterocycles. The van der Waals surface area contributed by atoms with E-state index in [-0.39, 0.29) is 5.97 Å². The standard InChI is InChI=1S/C17H20ClN2O2/c1-4-19-13-7-6-12(18)10-14(13)20-9-8-11(3)15(16(19)20)17(21)22-5-2/h6-7,10H,4-5,8-9H2,1-3H3/q+1. The first kappa shape index (κ1) is 15.1. The molecule has 0 saturated carbocycles. The zero-order valence-electron chi connectivity index (χ0n) is 13.1. The number of hydrogen-bond acceptors (Lipinski definition) is 2. The molecule has 1 aromatic heterocycles. The molecule has 1 aliphatic rings. The third-order valence-electron chi connectivity index (χ3n) is 4.19. The Balaban J connectivity index is 2.32. The highest BCUT2D eigenvalue weighted by molar-refractivity contribution is 6.31. The molecule has 2 aromatic rings. The van der Waals surface area contributed by atoms with Crippen molar-refractivity contribution in [3.8, 4) is 0 Å². The molecule has 5 heteroatoms. The Morgan fingerprint density at radius 3 is 2.86 bits per heavy atom. The van der Waals surface area contributed by atoms with Gasteiger partial charge in [0.1, 0.15) is 5.57 Å². The van der Waals surface area contributed by atoms with Crippen LogP contribution in [0.15, 0.2) is 23.8 Å². The monoisotopic (exact) mass is 319 g/mol. The maximum absolute atomic E-state index is 12.5. The van der Waals surface area contributed by atoms with E-state index >= 15 is 0 Å². The maximum atomic E-state index is 12.5. The minimum Gasteiger partial charge on any atom is -0.462 e. The molecular weight excluding hydrogens is 300 g/mol. The van der Waals surface area contributed by atoms with E-state index in [1.165, 1.54) is 0 Å². The van der Waals surface area contributed by atoms with Crippen molar-refractivity contribution in [3.63, 3.8) is 0 Å². The van der Waals surface area contributed by atoms with Gasteiger partial charge in [0.15, 0.2) is 11.0 Å². The number of imidazole rings is 1. The molecule has 0 saturated heterocycles. The van der Waals surface area contributed by atoms with Crippen molar-refractivity contribution in [3.05, 3.63) is 34.6 Å². The molecule has 0 aliphatic carbocycles. The summed E-state index contributed by atoms with van der Waals surface area (Å²) in [6, 6.07) is 5.88. The number of esters is 1. The number of allylic oxidation sites excluding steroid dienone is 1. The van der Waals surface area contributed by atoms with E-state index in [0.717, 1.165) is 41.9 Å². The lowest BCUT2D eigenvalue weighted by atomic mass is 10.0. The summed E-state index contributed by atoms with van der Waals surface area (Å²) in [5.41, 5.74) is 3.95. The van der Waals surface area contributed by atoms with Gasteiger partial charge in [-0.25, -0.2) is 13.9 Å². The molecule has 0 atom stereocenters. The molecule has 1 aromatic carbocycles. The first-order valence-corrected chi connectivity index (χ1v) is 8.05. The number of rotatable bonds is 3. The summed E-state index contributed by atoms with van der Waals surface area (Å²) in [5, 5.41) is 0.708. The molecule has 0 amide bonds. The second-order valence-corrected chi connectivity index (χ2v) is 5.91. The minimum absolute atomic E-state index is 0.239. The fraction of sp³-hybridized carbons (Fsp3) is 0.412. The van der Waals surface area contributed by atoms with Crippen molar-refractivity contribution in [2.45, 2.75) is 40.3 Å². The first-order valence-electron chi connectivity index (χ1n) is 7.67. The fourth-order valence-electron chi connectivity index (χ4n) is 3.20. The SMILES string of the molecule is CCOC(=O)C1=C(C)CCn2c1[n+](CC)c1ccc(Cl)cc12. The Morgan fingerprint density at radius 1 is 1.41 bits per heavy atom. The quantitative estimate of drug-likeness (QED) is 0.642. The number of halogens is 1. The summed E-state index contributed by atoms with van der Waals surface area (Å²) in [6.07, 6.45) is 0.848. The van der Waals surface area contributed by atoms with Crippen LogP contribution in [0, 0.1) is 0 Å². The van der Waals surface area contributed by atoms with Crippen molar-refractivity contribution in [2.75, 3.05) is 6.61 Å². The number of aromatic nitrogens is 2. The molecule has 22 heavy (non-hydrogen) atoms. The number of carbonyl (C=O) groups is 1. The Kier molecular flexibility index (Phi) is 3.96. The van der Waals surface area contributed by atoms with Gasteiger partial charge >= 0.3 is 5.97 Å². The molecule has 0 radical (unpaired) electrons. The number of carbonyl (C=O) groups excluding carboxylic acids is 1. The van der Waals surface area contributed by atoms with E-state index in [9.17, 15) is 4.79 Å². The lowest BCUT2D eigenvalue weighted by Gasteiger charge is -2.15. The highest BCUT2D eigenvalue weighted by Crippen LogP contribution is 2.31. The number of benzene rings is 1. The largest absolute Gasteiger partial charge is 0.462 e. The zero-order chi connectivity index (χ0) is 15.9. The molecule has 0 bridgehead atoms. The van der Waals surface area contributed by atoms with Crippen LogP contribution >= 0.6 is 11.6 Å². The maximum Gasteiger partial charge on any atom is 0.346 e. The molecule has 0 N–H and O–H groups in total. The first-order chi connectivity index (χ1) is 10.6. The third-order valence-corrected chi connectivity index (χ3v) is 4.42. The van der Waals surface area contributed by atoms with Gasteiger partial charge in [-0.1, -0.05) is 11.6 Å². The average Bonchev–Trinajstić information content (AvgIpc) is 2.80. The minimum atomic E-state index is -0.239. The fourth-order valence-corrected chi connectivity index (χ4v) is 3.36. The van der Waals surface area contributed by atoms with E-state index in [1.807, 2.05) is 32.0 Å². The van der Waals surface area contributed by atoms with Gasteiger partial charge in [-0.2, -0.15) is 0 Å². The third kappa shape index (κ3) is 2.22. The highest BCUT2D eigenvalue weighted by Gasteiger charge is 2.36. The van der Waals surface area contributed by atoms with Crippen molar-refractivity contribution < 1.29 is 14.1 Å². The number of fused-ring (bicyclic) bond motifs is 3. The summed E-state index contributed by atoms with van der Waals surface area (Å²) >= 11 is 6.16. The second kappa shape index (κ2) is 5.76. The normalized spacial score (nSPS) is 14.4. The zero-order valence-corrected chi connectivity index (χ0v) is 13.9. The second-order valence-electron chi connectivity index (χ2n) is 5.48. The average molecular weight is 320 g/mol. The van der Waals surface area contributed by atoms with Crippen LogP contribution in [0.5, 0.6) is 0 Å². The van der Waals surface area contributed by atoms with Crippen LogP contribution in [-0.4, -0.2) is 17.1 Å². The number of ether oxygens (including phenoxy) is 1. The molecule has 1 aliphatic heterocycles. The van der Waals surface area contributed by atoms with Crippen LogP contribution in [0.1, 0.15) is 33.0 Å². The predicted octanol–water partition coefficient (Wildman–Crippen LogP) is 3.34. The molecule has 4 nitrogen and oxygen atoms in total. The molecule has 0 fully saturated rings. The summed E-state index contributed by atoms with van der Waals surface area (Å²) in [4.78, 5) is 12.5. The molecule has 0 unspecified atom stereocenters. The van der Waals surface area contributed by atoms with Crippen LogP contribution in [0.3, 0.4) is 0 Å². The van der Waals surface area contributed by atoms with E-state index in [1.54, 1.807) is 0 Å². The van der Waals surface area contributed by atoms with E-state index in [2.05, 4.69) is 16.1 Å². The van der Waals surface area contributed by atoms with Gasteiger partial charge in [0.05, 0.1) is 19.7 Å². The summed E-state index contributed by atoms with van der Waals surface area (Å²) in [6.45, 7) is 7.96. The van der Waals surface area contributed by atoms with Gasteiger partial charge in [-0.3, -0.25) is 0 Å². The lowest BCUT2D eigenvalue weighted by molar-refractivity contribution is -0.671. The Morgan fingerprint density at radius 2 is 2.18 bits per heavy atom. The molecule has 116 valence electrons. The number of nitrogens with zero attached hydrogens (tertiary/aromatic N) is 2. The van der Waals surface area contributed by atoms with Gasteiger partial charge in [0.2, 0.25) is 0 Å². The molecular formula is C17H20ClN2O2+.